The number of halogens is 2. The summed E-state index contributed by atoms with van der Waals surface area (Å²) in [5, 5.41) is 0. The molecule has 1 aliphatic rings. The Morgan fingerprint density at radius 2 is 2.00 bits per heavy atom. The van der Waals surface area contributed by atoms with E-state index >= 15 is 0 Å². The van der Waals surface area contributed by atoms with Crippen LogP contribution in [0, 0.1) is 12.7 Å². The second-order valence-electron chi connectivity index (χ2n) is 5.53. The molecular weight excluding hydrogens is 343 g/mol. The first-order valence-electron chi connectivity index (χ1n) is 7.53. The summed E-state index contributed by atoms with van der Waals surface area (Å²) in [7, 11) is -3.57. The van der Waals surface area contributed by atoms with Crippen LogP contribution in [0.5, 0.6) is 0 Å². The molecule has 23 heavy (non-hydrogen) atoms. The summed E-state index contributed by atoms with van der Waals surface area (Å²) in [6, 6.07) is 3.77. The molecule has 0 bridgehead atoms. The maximum atomic E-state index is 13.1. The van der Waals surface area contributed by atoms with Crippen LogP contribution in [-0.2, 0) is 14.8 Å². The Kier molecular flexibility index (Phi) is 7.89. The topological polar surface area (TPSA) is 72.6 Å². The van der Waals surface area contributed by atoms with Crippen LogP contribution >= 0.6 is 12.4 Å². The monoisotopic (exact) mass is 366 g/mol. The van der Waals surface area contributed by atoms with Crippen molar-refractivity contribution in [2.75, 3.05) is 26.2 Å². The molecule has 1 aliphatic heterocycles. The Hall–Kier alpha value is -0.730. The van der Waals surface area contributed by atoms with Crippen LogP contribution in [0.3, 0.4) is 0 Å². The van der Waals surface area contributed by atoms with Gasteiger partial charge in [-0.3, -0.25) is 0 Å². The SMILES string of the molecule is Cc1cc(F)ccc1S(=O)(=O)N1CCC(OCCCN)CC1.Cl. The minimum absolute atomic E-state index is 0. The summed E-state index contributed by atoms with van der Waals surface area (Å²) < 4.78 is 45.5. The van der Waals surface area contributed by atoms with Crippen molar-refractivity contribution in [3.05, 3.63) is 29.6 Å². The van der Waals surface area contributed by atoms with Crippen molar-refractivity contribution in [1.82, 2.24) is 4.31 Å². The lowest BCUT2D eigenvalue weighted by molar-refractivity contribution is 0.0209. The van der Waals surface area contributed by atoms with E-state index in [0.29, 0.717) is 44.6 Å². The van der Waals surface area contributed by atoms with Crippen LogP contribution in [0.15, 0.2) is 23.1 Å². The van der Waals surface area contributed by atoms with E-state index in [1.54, 1.807) is 6.92 Å². The number of aryl methyl sites for hydroxylation is 1. The molecule has 1 fully saturated rings. The zero-order valence-electron chi connectivity index (χ0n) is 13.2. The average Bonchev–Trinajstić information content (AvgIpc) is 2.47. The lowest BCUT2D eigenvalue weighted by Crippen LogP contribution is -2.41. The summed E-state index contributed by atoms with van der Waals surface area (Å²) >= 11 is 0. The van der Waals surface area contributed by atoms with Crippen LogP contribution in [0.2, 0.25) is 0 Å². The molecule has 1 aromatic carbocycles. The van der Waals surface area contributed by atoms with Gasteiger partial charge in [-0.25, -0.2) is 12.8 Å². The Balaban J connectivity index is 0.00000264. The van der Waals surface area contributed by atoms with E-state index in [-0.39, 0.29) is 23.4 Å². The summed E-state index contributed by atoms with van der Waals surface area (Å²) in [5.74, 6) is -0.427. The van der Waals surface area contributed by atoms with Gasteiger partial charge in [0.1, 0.15) is 5.82 Å². The molecule has 1 saturated heterocycles. The predicted molar refractivity (Wildman–Crippen MR) is 89.8 cm³/mol. The smallest absolute Gasteiger partial charge is 0.243 e. The molecule has 8 heteroatoms. The van der Waals surface area contributed by atoms with Gasteiger partial charge in [-0.15, -0.1) is 12.4 Å². The van der Waals surface area contributed by atoms with Crippen molar-refractivity contribution < 1.29 is 17.5 Å². The van der Waals surface area contributed by atoms with E-state index in [1.807, 2.05) is 0 Å². The number of rotatable bonds is 6. The maximum Gasteiger partial charge on any atom is 0.243 e. The van der Waals surface area contributed by atoms with Crippen molar-refractivity contribution in [1.29, 1.82) is 0 Å². The minimum atomic E-state index is -3.57. The number of nitrogens with two attached hydrogens (primary N) is 1. The Morgan fingerprint density at radius 3 is 2.57 bits per heavy atom. The molecule has 2 N–H and O–H groups in total. The largest absolute Gasteiger partial charge is 0.378 e. The average molecular weight is 367 g/mol. The van der Waals surface area contributed by atoms with Gasteiger partial charge in [-0.1, -0.05) is 0 Å². The molecule has 0 aromatic heterocycles. The summed E-state index contributed by atoms with van der Waals surface area (Å²) in [6.07, 6.45) is 2.24. The van der Waals surface area contributed by atoms with Gasteiger partial charge in [-0.05, 0) is 56.5 Å². The molecular formula is C15H24ClFN2O3S. The van der Waals surface area contributed by atoms with E-state index in [0.717, 1.165) is 6.42 Å². The molecule has 2 rings (SSSR count). The molecule has 132 valence electrons. The van der Waals surface area contributed by atoms with Gasteiger partial charge < -0.3 is 10.5 Å². The Morgan fingerprint density at radius 1 is 1.35 bits per heavy atom. The van der Waals surface area contributed by atoms with Gasteiger partial charge >= 0.3 is 0 Å². The van der Waals surface area contributed by atoms with E-state index in [1.165, 1.54) is 22.5 Å². The van der Waals surface area contributed by atoms with Gasteiger partial charge in [-0.2, -0.15) is 4.31 Å². The van der Waals surface area contributed by atoms with Crippen LogP contribution in [0.25, 0.3) is 0 Å². The summed E-state index contributed by atoms with van der Waals surface area (Å²) in [6.45, 7) is 3.67. The third-order valence-corrected chi connectivity index (χ3v) is 5.92. The van der Waals surface area contributed by atoms with Gasteiger partial charge in [0, 0.05) is 19.7 Å². The van der Waals surface area contributed by atoms with Crippen molar-refractivity contribution in [2.24, 2.45) is 5.73 Å². The van der Waals surface area contributed by atoms with E-state index in [9.17, 15) is 12.8 Å². The number of piperidine rings is 1. The minimum Gasteiger partial charge on any atom is -0.378 e. The number of benzene rings is 1. The molecule has 0 atom stereocenters. The second kappa shape index (κ2) is 8.94. The van der Waals surface area contributed by atoms with E-state index < -0.39 is 15.8 Å². The van der Waals surface area contributed by atoms with Crippen LogP contribution in [-0.4, -0.2) is 45.1 Å². The number of ether oxygens (including phenoxy) is 1. The van der Waals surface area contributed by atoms with Gasteiger partial charge in [0.05, 0.1) is 11.0 Å². The zero-order chi connectivity index (χ0) is 16.2. The Bertz CT molecular complexity index is 605. The summed E-state index contributed by atoms with van der Waals surface area (Å²) in [4.78, 5) is 0.177. The highest BCUT2D eigenvalue weighted by molar-refractivity contribution is 7.89. The van der Waals surface area contributed by atoms with Gasteiger partial charge in [0.15, 0.2) is 0 Å². The molecule has 0 spiro atoms. The van der Waals surface area contributed by atoms with Crippen LogP contribution in [0.4, 0.5) is 4.39 Å². The zero-order valence-corrected chi connectivity index (χ0v) is 14.8. The molecule has 0 unspecified atom stereocenters. The first-order chi connectivity index (χ1) is 10.4. The molecule has 0 aliphatic carbocycles. The van der Waals surface area contributed by atoms with Gasteiger partial charge in [0.2, 0.25) is 10.0 Å². The molecule has 0 amide bonds. The summed E-state index contributed by atoms with van der Waals surface area (Å²) in [5.41, 5.74) is 5.85. The van der Waals surface area contributed by atoms with Crippen LogP contribution < -0.4 is 5.73 Å². The highest BCUT2D eigenvalue weighted by Gasteiger charge is 2.30. The number of nitrogens with zero attached hydrogens (tertiary/aromatic N) is 1. The standard InChI is InChI=1S/C15H23FN2O3S.ClH/c1-12-11-13(16)3-4-15(12)22(19,20)18-8-5-14(6-9-18)21-10-2-7-17;/h3-4,11,14H,2,5-10,17H2,1H3;1H. The van der Waals surface area contributed by atoms with E-state index in [4.69, 9.17) is 10.5 Å². The normalized spacial score (nSPS) is 17.0. The van der Waals surface area contributed by atoms with Crippen molar-refractivity contribution in [2.45, 2.75) is 37.2 Å². The van der Waals surface area contributed by atoms with Crippen molar-refractivity contribution >= 4 is 22.4 Å². The Labute approximate surface area is 143 Å². The van der Waals surface area contributed by atoms with Crippen LogP contribution in [0.1, 0.15) is 24.8 Å². The number of sulfonamides is 1. The highest BCUT2D eigenvalue weighted by atomic mass is 35.5. The second-order valence-corrected chi connectivity index (χ2v) is 7.43. The molecule has 5 nitrogen and oxygen atoms in total. The fourth-order valence-electron chi connectivity index (χ4n) is 2.61. The lowest BCUT2D eigenvalue weighted by atomic mass is 10.1. The lowest BCUT2D eigenvalue weighted by Gasteiger charge is -2.31. The third kappa shape index (κ3) is 5.12. The number of hydrogen-bond acceptors (Lipinski definition) is 4. The van der Waals surface area contributed by atoms with Crippen molar-refractivity contribution in [3.8, 4) is 0 Å². The molecule has 1 heterocycles. The third-order valence-electron chi connectivity index (χ3n) is 3.86. The predicted octanol–water partition coefficient (Wildman–Crippen LogP) is 2.07. The first kappa shape index (κ1) is 20.3. The first-order valence-corrected chi connectivity index (χ1v) is 8.97. The fourth-order valence-corrected chi connectivity index (χ4v) is 4.29. The highest BCUT2D eigenvalue weighted by Crippen LogP contribution is 2.24. The number of hydrogen-bond donors (Lipinski definition) is 1. The van der Waals surface area contributed by atoms with Gasteiger partial charge in [0.25, 0.3) is 0 Å². The molecule has 0 radical (unpaired) electrons. The molecule has 1 aromatic rings. The van der Waals surface area contributed by atoms with E-state index in [2.05, 4.69) is 0 Å². The molecule has 0 saturated carbocycles. The fraction of sp³-hybridized carbons (Fsp3) is 0.600. The quantitative estimate of drug-likeness (QED) is 0.782. The maximum absolute atomic E-state index is 13.1. The van der Waals surface area contributed by atoms with Crippen molar-refractivity contribution in [3.63, 3.8) is 0 Å².